The lowest BCUT2D eigenvalue weighted by atomic mass is 9.93. The molecule has 1 rings (SSSR count). The quantitative estimate of drug-likeness (QED) is 0.527. The molecule has 0 heterocycles. The Hall–Kier alpha value is -1.16. The van der Waals surface area contributed by atoms with E-state index in [2.05, 4.69) is 0 Å². The summed E-state index contributed by atoms with van der Waals surface area (Å²) in [5, 5.41) is 8.34. The van der Waals surface area contributed by atoms with Crippen LogP contribution < -0.4 is 0 Å². The van der Waals surface area contributed by atoms with Gasteiger partial charge in [-0.05, 0) is 32.3 Å². The van der Waals surface area contributed by atoms with E-state index in [0.717, 1.165) is 5.56 Å². The average Bonchev–Trinajstić information content (AvgIpc) is 2.55. The molecule has 5 nitrogen and oxygen atoms in total. The highest BCUT2D eigenvalue weighted by molar-refractivity contribution is 7.25. The third-order valence-corrected chi connectivity index (χ3v) is 4.74. The highest BCUT2D eigenvalue weighted by Gasteiger charge is 2.43. The molecule has 0 radical (unpaired) electrons. The van der Waals surface area contributed by atoms with Gasteiger partial charge in [-0.1, -0.05) is 30.3 Å². The van der Waals surface area contributed by atoms with Crippen molar-refractivity contribution in [2.24, 2.45) is 5.92 Å². The molecule has 124 valence electrons. The first kappa shape index (κ1) is 18.9. The van der Waals surface area contributed by atoms with Gasteiger partial charge in [-0.3, -0.25) is 4.79 Å². The van der Waals surface area contributed by atoms with Gasteiger partial charge in [0.1, 0.15) is 0 Å². The van der Waals surface area contributed by atoms with E-state index in [4.69, 9.17) is 9.47 Å². The minimum Gasteiger partial charge on any atom is -0.466 e. The summed E-state index contributed by atoms with van der Waals surface area (Å²) >= 11 is 0. The molecular weight excluding hydrogens is 303 g/mol. The van der Waals surface area contributed by atoms with Crippen molar-refractivity contribution in [2.75, 3.05) is 19.8 Å². The first-order valence-corrected chi connectivity index (χ1v) is 8.60. The number of carbonyl (C=O) groups excluding carboxylic acids is 1. The molecular formula is C16H25O5P. The lowest BCUT2D eigenvalue weighted by molar-refractivity contribution is -0.159. The number of carbonyl (C=O) groups is 1. The number of aryl methyl sites for hydroxylation is 1. The van der Waals surface area contributed by atoms with Gasteiger partial charge in [-0.15, -0.1) is 0 Å². The second kappa shape index (κ2) is 9.78. The fraction of sp³-hybridized carbons (Fsp3) is 0.562. The van der Waals surface area contributed by atoms with Crippen LogP contribution in [0.1, 0.15) is 25.8 Å². The summed E-state index contributed by atoms with van der Waals surface area (Å²) in [6, 6.07) is 9.71. The molecule has 0 aliphatic rings. The molecule has 3 unspecified atom stereocenters. The van der Waals surface area contributed by atoms with E-state index in [-0.39, 0.29) is 13.2 Å². The van der Waals surface area contributed by atoms with Gasteiger partial charge in [0.05, 0.1) is 27.6 Å². The Kier molecular flexibility index (Phi) is 8.39. The van der Waals surface area contributed by atoms with Gasteiger partial charge in [0.25, 0.3) is 0 Å². The molecule has 3 atom stereocenters. The standard InChI is InChI=1S/C16H25O5P/c1-3-20-15(18)14(16(12-17,22-19)21-4-2)11-10-13-8-6-5-7-9-13/h5-9,14,17H,3-4,10-12,22H2,1-2H3. The number of benzene rings is 1. The molecule has 1 N–H and O–H groups in total. The Morgan fingerprint density at radius 3 is 2.45 bits per heavy atom. The second-order valence-electron chi connectivity index (χ2n) is 4.99. The van der Waals surface area contributed by atoms with Crippen LogP contribution >= 0.6 is 8.46 Å². The average molecular weight is 328 g/mol. The Morgan fingerprint density at radius 2 is 1.95 bits per heavy atom. The third-order valence-electron chi connectivity index (χ3n) is 3.59. The highest BCUT2D eigenvalue weighted by atomic mass is 31.1. The maximum absolute atomic E-state index is 12.3. The predicted octanol–water partition coefficient (Wildman–Crippen LogP) is 2.28. The van der Waals surface area contributed by atoms with Crippen molar-refractivity contribution in [2.45, 2.75) is 32.0 Å². The van der Waals surface area contributed by atoms with Gasteiger partial charge in [0, 0.05) is 6.61 Å². The molecule has 0 bridgehead atoms. The summed E-state index contributed by atoms with van der Waals surface area (Å²) < 4.78 is 22.3. The Morgan fingerprint density at radius 1 is 1.27 bits per heavy atom. The number of esters is 1. The Bertz CT molecular complexity index is 465. The maximum atomic E-state index is 12.3. The van der Waals surface area contributed by atoms with Gasteiger partial charge < -0.3 is 19.1 Å². The minimum atomic E-state index is -1.49. The van der Waals surface area contributed by atoms with E-state index in [1.54, 1.807) is 13.8 Å². The summed E-state index contributed by atoms with van der Waals surface area (Å²) in [7, 11) is -1.49. The van der Waals surface area contributed by atoms with E-state index in [0.29, 0.717) is 12.8 Å². The van der Waals surface area contributed by atoms with Crippen LogP contribution in [0.25, 0.3) is 0 Å². The zero-order valence-corrected chi connectivity index (χ0v) is 14.3. The zero-order chi connectivity index (χ0) is 16.4. The summed E-state index contributed by atoms with van der Waals surface area (Å²) in [5.41, 5.74) is 1.07. The van der Waals surface area contributed by atoms with Crippen LogP contribution in [0, 0.1) is 5.92 Å². The largest absolute Gasteiger partial charge is 0.466 e. The van der Waals surface area contributed by atoms with Gasteiger partial charge >= 0.3 is 5.97 Å². The van der Waals surface area contributed by atoms with Crippen molar-refractivity contribution in [3.05, 3.63) is 35.9 Å². The van der Waals surface area contributed by atoms with Gasteiger partial charge in [-0.2, -0.15) is 0 Å². The lowest BCUT2D eigenvalue weighted by Gasteiger charge is -2.33. The molecule has 0 saturated carbocycles. The van der Waals surface area contributed by atoms with Crippen molar-refractivity contribution >= 4 is 14.4 Å². The normalized spacial score (nSPS) is 15.6. The zero-order valence-electron chi connectivity index (χ0n) is 13.2. The van der Waals surface area contributed by atoms with E-state index < -0.39 is 32.3 Å². The number of hydrogen-bond donors (Lipinski definition) is 1. The Balaban J connectivity index is 2.95. The molecule has 0 saturated heterocycles. The number of aliphatic hydroxyl groups excluding tert-OH is 1. The topological polar surface area (TPSA) is 72.8 Å². The number of ether oxygens (including phenoxy) is 2. The molecule has 0 amide bonds. The predicted molar refractivity (Wildman–Crippen MR) is 86.7 cm³/mol. The molecule has 0 aromatic heterocycles. The molecule has 0 spiro atoms. The summed E-state index contributed by atoms with van der Waals surface area (Å²) in [5.74, 6) is -1.21. The first-order chi connectivity index (χ1) is 10.6. The van der Waals surface area contributed by atoms with Crippen LogP contribution in [-0.2, 0) is 25.3 Å². The fourth-order valence-electron chi connectivity index (χ4n) is 2.44. The van der Waals surface area contributed by atoms with Crippen LogP contribution in [0.5, 0.6) is 0 Å². The Labute approximate surface area is 132 Å². The third kappa shape index (κ3) is 4.94. The minimum absolute atomic E-state index is 0.239. The van der Waals surface area contributed by atoms with E-state index in [1.165, 1.54) is 0 Å². The molecule has 0 fully saturated rings. The van der Waals surface area contributed by atoms with Crippen LogP contribution in [0.4, 0.5) is 0 Å². The molecule has 1 aromatic rings. The van der Waals surface area contributed by atoms with Crippen molar-refractivity contribution in [3.8, 4) is 0 Å². The van der Waals surface area contributed by atoms with Crippen LogP contribution in [0.3, 0.4) is 0 Å². The van der Waals surface area contributed by atoms with Crippen molar-refractivity contribution in [1.82, 2.24) is 0 Å². The number of rotatable bonds is 10. The molecule has 0 aliphatic carbocycles. The molecule has 6 heteroatoms. The molecule has 0 aliphatic heterocycles. The van der Waals surface area contributed by atoms with Crippen molar-refractivity contribution in [1.29, 1.82) is 0 Å². The summed E-state index contributed by atoms with van der Waals surface area (Å²) in [6.07, 6.45) is 1.04. The van der Waals surface area contributed by atoms with Crippen LogP contribution in [0.2, 0.25) is 0 Å². The van der Waals surface area contributed by atoms with Crippen LogP contribution in [0.15, 0.2) is 30.3 Å². The maximum Gasteiger partial charge on any atom is 0.312 e. The fourth-order valence-corrected chi connectivity index (χ4v) is 3.22. The molecule has 1 aromatic carbocycles. The SMILES string of the molecule is CCOC(=O)C(CCc1ccccc1)C(CO)(OCC)[PH2]=O. The molecule has 22 heavy (non-hydrogen) atoms. The second-order valence-corrected chi connectivity index (χ2v) is 6.21. The highest BCUT2D eigenvalue weighted by Crippen LogP contribution is 2.37. The first-order valence-electron chi connectivity index (χ1n) is 7.55. The lowest BCUT2D eigenvalue weighted by Crippen LogP contribution is -2.44. The van der Waals surface area contributed by atoms with Crippen molar-refractivity contribution in [3.63, 3.8) is 0 Å². The van der Waals surface area contributed by atoms with E-state index in [1.807, 2.05) is 30.3 Å². The smallest absolute Gasteiger partial charge is 0.312 e. The van der Waals surface area contributed by atoms with Crippen molar-refractivity contribution < 1.29 is 23.9 Å². The van der Waals surface area contributed by atoms with E-state index >= 15 is 0 Å². The van der Waals surface area contributed by atoms with Gasteiger partial charge in [0.15, 0.2) is 5.34 Å². The van der Waals surface area contributed by atoms with Gasteiger partial charge in [0.2, 0.25) is 0 Å². The summed E-state index contributed by atoms with van der Waals surface area (Å²) in [4.78, 5) is 12.3. The number of hydrogen-bond acceptors (Lipinski definition) is 5. The number of aliphatic hydroxyl groups is 1. The van der Waals surface area contributed by atoms with E-state index in [9.17, 15) is 14.5 Å². The summed E-state index contributed by atoms with van der Waals surface area (Å²) in [6.45, 7) is 3.52. The van der Waals surface area contributed by atoms with Gasteiger partial charge in [-0.25, -0.2) is 0 Å². The monoisotopic (exact) mass is 328 g/mol. The van der Waals surface area contributed by atoms with Crippen LogP contribution in [-0.4, -0.2) is 36.2 Å².